The van der Waals surface area contributed by atoms with Gasteiger partial charge in [-0.25, -0.2) is 4.98 Å². The van der Waals surface area contributed by atoms with Gasteiger partial charge in [0.2, 0.25) is 0 Å². The minimum atomic E-state index is -0.473. The number of nitrogens with zero attached hydrogens (tertiary/aromatic N) is 3. The van der Waals surface area contributed by atoms with Crippen molar-refractivity contribution >= 4 is 40.1 Å². The summed E-state index contributed by atoms with van der Waals surface area (Å²) in [4.78, 5) is 16.3. The lowest BCUT2D eigenvalue weighted by Crippen LogP contribution is -2.13. The van der Waals surface area contributed by atoms with Gasteiger partial charge in [0.1, 0.15) is 11.6 Å². The Kier molecular flexibility index (Phi) is 5.21. The molecule has 0 saturated heterocycles. The van der Waals surface area contributed by atoms with Crippen molar-refractivity contribution < 1.29 is 4.79 Å². The van der Waals surface area contributed by atoms with E-state index >= 15 is 0 Å². The first-order valence-electron chi connectivity index (χ1n) is 7.77. The highest BCUT2D eigenvalue weighted by Crippen LogP contribution is 2.24. The monoisotopic (exact) mass is 382 g/mol. The molecule has 0 radical (unpaired) electrons. The number of thiazole rings is 1. The van der Waals surface area contributed by atoms with Crippen molar-refractivity contribution in [2.75, 3.05) is 5.32 Å². The number of aromatic nitrogens is 2. The molecule has 5 nitrogen and oxygen atoms in total. The second-order valence-corrected chi connectivity index (χ2v) is 6.93. The van der Waals surface area contributed by atoms with Gasteiger partial charge in [-0.15, -0.1) is 11.3 Å². The number of rotatable bonds is 4. The molecule has 1 N–H and O–H groups in total. The van der Waals surface area contributed by atoms with Gasteiger partial charge in [0, 0.05) is 33.7 Å². The molecule has 0 fully saturated rings. The lowest BCUT2D eigenvalue weighted by atomic mass is 10.1. The fraction of sp³-hybridized carbons (Fsp3) is 0.105. The molecule has 0 saturated carbocycles. The van der Waals surface area contributed by atoms with E-state index in [1.54, 1.807) is 17.7 Å². The van der Waals surface area contributed by atoms with Crippen LogP contribution >= 0.6 is 22.9 Å². The van der Waals surface area contributed by atoms with E-state index in [-0.39, 0.29) is 5.57 Å². The maximum Gasteiger partial charge on any atom is 0.268 e. The highest BCUT2D eigenvalue weighted by atomic mass is 35.5. The van der Waals surface area contributed by atoms with Gasteiger partial charge >= 0.3 is 0 Å². The number of nitriles is 1. The third-order valence-electron chi connectivity index (χ3n) is 3.87. The predicted molar refractivity (Wildman–Crippen MR) is 105 cm³/mol. The summed E-state index contributed by atoms with van der Waals surface area (Å²) < 4.78 is 2.05. The van der Waals surface area contributed by atoms with Crippen LogP contribution in [0.2, 0.25) is 5.02 Å². The van der Waals surface area contributed by atoms with E-state index in [1.807, 2.05) is 50.2 Å². The second kappa shape index (κ2) is 7.56. The van der Waals surface area contributed by atoms with Crippen molar-refractivity contribution in [3.8, 4) is 11.8 Å². The summed E-state index contributed by atoms with van der Waals surface area (Å²) in [5.74, 6) is -0.473. The maximum absolute atomic E-state index is 12.3. The fourth-order valence-corrected chi connectivity index (χ4v) is 3.32. The molecule has 0 bridgehead atoms. The van der Waals surface area contributed by atoms with Crippen molar-refractivity contribution in [2.45, 2.75) is 13.8 Å². The molecule has 0 aliphatic rings. The molecule has 7 heteroatoms. The van der Waals surface area contributed by atoms with Crippen LogP contribution in [0.3, 0.4) is 0 Å². The third kappa shape index (κ3) is 3.69. The number of anilines is 1. The van der Waals surface area contributed by atoms with Gasteiger partial charge in [0.05, 0.1) is 0 Å². The van der Waals surface area contributed by atoms with Crippen molar-refractivity contribution in [3.63, 3.8) is 0 Å². The van der Waals surface area contributed by atoms with Crippen LogP contribution in [0.4, 0.5) is 5.13 Å². The summed E-state index contributed by atoms with van der Waals surface area (Å²) >= 11 is 7.26. The second-order valence-electron chi connectivity index (χ2n) is 5.60. The zero-order chi connectivity index (χ0) is 18.7. The van der Waals surface area contributed by atoms with E-state index in [2.05, 4.69) is 14.9 Å². The number of aryl methyl sites for hydroxylation is 1. The Morgan fingerprint density at radius 1 is 1.35 bits per heavy atom. The van der Waals surface area contributed by atoms with Gasteiger partial charge in [-0.2, -0.15) is 5.26 Å². The number of nitrogens with one attached hydrogen (secondary N) is 1. The normalized spacial score (nSPS) is 11.2. The van der Waals surface area contributed by atoms with Gasteiger partial charge in [-0.1, -0.05) is 11.6 Å². The van der Waals surface area contributed by atoms with Crippen LogP contribution in [0.1, 0.15) is 17.0 Å². The quantitative estimate of drug-likeness (QED) is 0.522. The summed E-state index contributed by atoms with van der Waals surface area (Å²) in [6, 6.07) is 11.4. The maximum atomic E-state index is 12.3. The standard InChI is InChI=1S/C19H15ClN4OS/c1-12-9-14(13(2)24(12)17-5-3-16(20)4-6-17)10-15(11-21)18(25)23-19-22-7-8-26-19/h3-10H,1-2H3,(H,22,23,25)/b15-10+. The van der Waals surface area contributed by atoms with Gasteiger partial charge < -0.3 is 4.57 Å². The van der Waals surface area contributed by atoms with Crippen molar-refractivity contribution in [3.05, 3.63) is 69.5 Å². The topological polar surface area (TPSA) is 70.7 Å². The first-order valence-corrected chi connectivity index (χ1v) is 9.03. The van der Waals surface area contributed by atoms with E-state index in [4.69, 9.17) is 11.6 Å². The highest BCUT2D eigenvalue weighted by Gasteiger charge is 2.14. The lowest BCUT2D eigenvalue weighted by Gasteiger charge is -2.09. The van der Waals surface area contributed by atoms with Gasteiger partial charge in [0.25, 0.3) is 5.91 Å². The number of benzene rings is 1. The van der Waals surface area contributed by atoms with E-state index < -0.39 is 5.91 Å². The van der Waals surface area contributed by atoms with Crippen LogP contribution in [-0.2, 0) is 4.79 Å². The van der Waals surface area contributed by atoms with Crippen molar-refractivity contribution in [1.82, 2.24) is 9.55 Å². The van der Waals surface area contributed by atoms with E-state index in [9.17, 15) is 10.1 Å². The molecule has 3 aromatic rings. The van der Waals surface area contributed by atoms with E-state index in [0.29, 0.717) is 10.2 Å². The fourth-order valence-electron chi connectivity index (χ4n) is 2.67. The molecular formula is C19H15ClN4OS. The number of amides is 1. The number of hydrogen-bond donors (Lipinski definition) is 1. The first-order chi connectivity index (χ1) is 12.5. The molecule has 130 valence electrons. The molecule has 26 heavy (non-hydrogen) atoms. The average molecular weight is 383 g/mol. The highest BCUT2D eigenvalue weighted by molar-refractivity contribution is 7.13. The van der Waals surface area contributed by atoms with Crippen LogP contribution in [0, 0.1) is 25.2 Å². The Bertz CT molecular complexity index is 1010. The molecule has 0 atom stereocenters. The SMILES string of the molecule is Cc1cc(/C=C(\C#N)C(=O)Nc2nccs2)c(C)n1-c1ccc(Cl)cc1. The molecule has 0 aliphatic heterocycles. The average Bonchev–Trinajstić information content (AvgIpc) is 3.22. The van der Waals surface area contributed by atoms with Crippen LogP contribution < -0.4 is 5.32 Å². The van der Waals surface area contributed by atoms with Crippen molar-refractivity contribution in [1.29, 1.82) is 5.26 Å². The molecular weight excluding hydrogens is 368 g/mol. The summed E-state index contributed by atoms with van der Waals surface area (Å²) in [7, 11) is 0. The van der Waals surface area contributed by atoms with Crippen LogP contribution in [-0.4, -0.2) is 15.5 Å². The number of carbonyl (C=O) groups excluding carboxylic acids is 1. The first kappa shape index (κ1) is 17.9. The zero-order valence-corrected chi connectivity index (χ0v) is 15.7. The molecule has 2 aromatic heterocycles. The summed E-state index contributed by atoms with van der Waals surface area (Å²) in [5, 5.41) is 14.9. The molecule has 2 heterocycles. The van der Waals surface area contributed by atoms with Gasteiger partial charge in [0.15, 0.2) is 5.13 Å². The van der Waals surface area contributed by atoms with Crippen LogP contribution in [0.15, 0.2) is 47.5 Å². The Labute approximate surface area is 160 Å². The summed E-state index contributed by atoms with van der Waals surface area (Å²) in [6.07, 6.45) is 3.19. The minimum absolute atomic E-state index is 0.0246. The van der Waals surface area contributed by atoms with Gasteiger partial charge in [-0.3, -0.25) is 10.1 Å². The predicted octanol–water partition coefficient (Wildman–Crippen LogP) is 4.75. The zero-order valence-electron chi connectivity index (χ0n) is 14.2. The summed E-state index contributed by atoms with van der Waals surface area (Å²) in [5.41, 5.74) is 3.72. The van der Waals surface area contributed by atoms with Crippen molar-refractivity contribution in [2.24, 2.45) is 0 Å². The molecule has 1 amide bonds. The number of hydrogen-bond acceptors (Lipinski definition) is 4. The third-order valence-corrected chi connectivity index (χ3v) is 4.81. The van der Waals surface area contributed by atoms with E-state index in [0.717, 1.165) is 22.6 Å². The molecule has 0 aliphatic carbocycles. The number of halogens is 1. The summed E-state index contributed by atoms with van der Waals surface area (Å²) in [6.45, 7) is 3.92. The Morgan fingerprint density at radius 3 is 2.69 bits per heavy atom. The smallest absolute Gasteiger partial charge is 0.268 e. The van der Waals surface area contributed by atoms with Crippen LogP contribution in [0.25, 0.3) is 11.8 Å². The van der Waals surface area contributed by atoms with Crippen LogP contribution in [0.5, 0.6) is 0 Å². The molecule has 0 unspecified atom stereocenters. The number of carbonyl (C=O) groups is 1. The van der Waals surface area contributed by atoms with Gasteiger partial charge in [-0.05, 0) is 55.8 Å². The Hall–Kier alpha value is -2.88. The Balaban J connectivity index is 1.94. The van der Waals surface area contributed by atoms with E-state index in [1.165, 1.54) is 11.3 Å². The lowest BCUT2D eigenvalue weighted by molar-refractivity contribution is -0.112. The Morgan fingerprint density at radius 2 is 2.08 bits per heavy atom. The largest absolute Gasteiger partial charge is 0.318 e. The minimum Gasteiger partial charge on any atom is -0.318 e. The molecule has 0 spiro atoms. The molecule has 3 rings (SSSR count). The molecule has 1 aromatic carbocycles.